The van der Waals surface area contributed by atoms with Gasteiger partial charge in [-0.3, -0.25) is 0 Å². The number of alkyl halides is 1. The van der Waals surface area contributed by atoms with E-state index in [4.69, 9.17) is 0 Å². The van der Waals surface area contributed by atoms with Crippen molar-refractivity contribution in [1.29, 1.82) is 0 Å². The third-order valence-electron chi connectivity index (χ3n) is 2.30. The SMILES string of the molecule is Cc1cc(Br)c(C(Br)c2ccc(Br)cc2F)s1. The zero-order valence-corrected chi connectivity index (χ0v) is 14.4. The molecular formula is C12H8Br3FS. The summed E-state index contributed by atoms with van der Waals surface area (Å²) in [5.41, 5.74) is 0.649. The first-order valence-corrected chi connectivity index (χ1v) is 8.15. The molecule has 90 valence electrons. The highest BCUT2D eigenvalue weighted by Gasteiger charge is 2.19. The molecule has 5 heteroatoms. The van der Waals surface area contributed by atoms with E-state index in [1.165, 1.54) is 10.9 Å². The first-order valence-electron chi connectivity index (χ1n) is 4.84. The molecule has 2 aromatic rings. The topological polar surface area (TPSA) is 0 Å². The van der Waals surface area contributed by atoms with Crippen molar-refractivity contribution >= 4 is 59.1 Å². The highest BCUT2D eigenvalue weighted by molar-refractivity contribution is 9.11. The molecule has 0 bridgehead atoms. The van der Waals surface area contributed by atoms with E-state index in [0.29, 0.717) is 5.56 Å². The van der Waals surface area contributed by atoms with E-state index in [2.05, 4.69) is 47.8 Å². The number of halogens is 4. The third kappa shape index (κ3) is 3.00. The van der Waals surface area contributed by atoms with Gasteiger partial charge in [-0.05, 0) is 41.1 Å². The molecule has 0 aliphatic carbocycles. The average molecular weight is 443 g/mol. The first kappa shape index (κ1) is 13.7. The van der Waals surface area contributed by atoms with Gasteiger partial charge in [0.05, 0.1) is 4.83 Å². The van der Waals surface area contributed by atoms with Crippen molar-refractivity contribution in [3.8, 4) is 0 Å². The van der Waals surface area contributed by atoms with Crippen LogP contribution >= 0.6 is 59.1 Å². The highest BCUT2D eigenvalue weighted by atomic mass is 79.9. The lowest BCUT2D eigenvalue weighted by atomic mass is 10.1. The molecule has 0 saturated heterocycles. The summed E-state index contributed by atoms with van der Waals surface area (Å²) in [5.74, 6) is -0.209. The molecule has 1 unspecified atom stereocenters. The van der Waals surface area contributed by atoms with Crippen LogP contribution in [0.3, 0.4) is 0 Å². The molecule has 0 saturated carbocycles. The van der Waals surface area contributed by atoms with Gasteiger partial charge >= 0.3 is 0 Å². The summed E-state index contributed by atoms with van der Waals surface area (Å²) in [6.07, 6.45) is 0. The van der Waals surface area contributed by atoms with Gasteiger partial charge in [0.2, 0.25) is 0 Å². The molecule has 0 fully saturated rings. The molecule has 1 atom stereocenters. The molecule has 0 spiro atoms. The van der Waals surface area contributed by atoms with Crippen LogP contribution in [0.15, 0.2) is 33.2 Å². The maximum atomic E-state index is 13.9. The maximum Gasteiger partial charge on any atom is 0.129 e. The van der Waals surface area contributed by atoms with Crippen LogP contribution in [0, 0.1) is 12.7 Å². The van der Waals surface area contributed by atoms with E-state index < -0.39 is 0 Å². The summed E-state index contributed by atoms with van der Waals surface area (Å²) in [6.45, 7) is 2.04. The van der Waals surface area contributed by atoms with Crippen LogP contribution in [0.5, 0.6) is 0 Å². The van der Waals surface area contributed by atoms with Crippen LogP contribution in [-0.4, -0.2) is 0 Å². The van der Waals surface area contributed by atoms with Gasteiger partial charge < -0.3 is 0 Å². The molecule has 1 aromatic carbocycles. The van der Waals surface area contributed by atoms with E-state index >= 15 is 0 Å². The Bertz CT molecular complexity index is 551. The fourth-order valence-corrected chi connectivity index (χ4v) is 4.94. The molecular weight excluding hydrogens is 435 g/mol. The number of hydrogen-bond acceptors (Lipinski definition) is 1. The minimum atomic E-state index is -0.209. The van der Waals surface area contributed by atoms with Crippen LogP contribution in [0.2, 0.25) is 0 Å². The van der Waals surface area contributed by atoms with Gasteiger partial charge in [-0.1, -0.05) is 37.9 Å². The minimum absolute atomic E-state index is 0.122. The van der Waals surface area contributed by atoms with Gasteiger partial charge in [-0.25, -0.2) is 4.39 Å². The Balaban J connectivity index is 2.43. The fourth-order valence-electron chi connectivity index (χ4n) is 1.52. The number of aryl methyl sites for hydroxylation is 1. The van der Waals surface area contributed by atoms with Gasteiger partial charge in [0.15, 0.2) is 0 Å². The summed E-state index contributed by atoms with van der Waals surface area (Å²) in [5, 5.41) is 0. The Morgan fingerprint density at radius 2 is 1.94 bits per heavy atom. The van der Waals surface area contributed by atoms with Gasteiger partial charge in [-0.15, -0.1) is 11.3 Å². The number of benzene rings is 1. The fraction of sp³-hybridized carbons (Fsp3) is 0.167. The smallest absolute Gasteiger partial charge is 0.129 e. The Morgan fingerprint density at radius 1 is 1.24 bits per heavy atom. The van der Waals surface area contributed by atoms with Crippen molar-refractivity contribution in [2.75, 3.05) is 0 Å². The van der Waals surface area contributed by atoms with Gasteiger partial charge in [0, 0.05) is 24.3 Å². The summed E-state index contributed by atoms with van der Waals surface area (Å²) < 4.78 is 15.6. The van der Waals surface area contributed by atoms with Crippen molar-refractivity contribution < 1.29 is 4.39 Å². The zero-order chi connectivity index (χ0) is 12.6. The predicted molar refractivity (Wildman–Crippen MR) is 81.6 cm³/mol. The lowest BCUT2D eigenvalue weighted by molar-refractivity contribution is 0.613. The average Bonchev–Trinajstić information content (AvgIpc) is 2.57. The van der Waals surface area contributed by atoms with E-state index in [1.807, 2.05) is 19.1 Å². The summed E-state index contributed by atoms with van der Waals surface area (Å²) >= 11 is 12.0. The molecule has 0 radical (unpaired) electrons. The molecule has 0 N–H and O–H groups in total. The Morgan fingerprint density at radius 3 is 2.47 bits per heavy atom. The van der Waals surface area contributed by atoms with Crippen LogP contribution < -0.4 is 0 Å². The second kappa shape index (κ2) is 5.51. The van der Waals surface area contributed by atoms with Crippen molar-refractivity contribution in [3.63, 3.8) is 0 Å². The normalized spacial score (nSPS) is 12.8. The van der Waals surface area contributed by atoms with Crippen molar-refractivity contribution in [2.45, 2.75) is 11.8 Å². The van der Waals surface area contributed by atoms with E-state index in [9.17, 15) is 4.39 Å². The Hall–Kier alpha value is 0.290. The minimum Gasteiger partial charge on any atom is -0.207 e. The number of thiophene rings is 1. The maximum absolute atomic E-state index is 13.9. The predicted octanol–water partition coefficient (Wildman–Crippen LogP) is 6.20. The first-order chi connectivity index (χ1) is 7.99. The van der Waals surface area contributed by atoms with Crippen LogP contribution in [0.25, 0.3) is 0 Å². The molecule has 0 amide bonds. The van der Waals surface area contributed by atoms with Crippen LogP contribution in [0.1, 0.15) is 20.1 Å². The van der Waals surface area contributed by atoms with Crippen LogP contribution in [-0.2, 0) is 0 Å². The van der Waals surface area contributed by atoms with E-state index in [0.717, 1.165) is 13.8 Å². The lowest BCUT2D eigenvalue weighted by Crippen LogP contribution is -1.94. The van der Waals surface area contributed by atoms with Gasteiger partial charge in [0.25, 0.3) is 0 Å². The monoisotopic (exact) mass is 440 g/mol. The molecule has 0 aliphatic rings. The number of rotatable bonds is 2. The van der Waals surface area contributed by atoms with Gasteiger partial charge in [-0.2, -0.15) is 0 Å². The molecule has 17 heavy (non-hydrogen) atoms. The lowest BCUT2D eigenvalue weighted by Gasteiger charge is -2.10. The zero-order valence-electron chi connectivity index (χ0n) is 8.81. The molecule has 2 rings (SSSR count). The summed E-state index contributed by atoms with van der Waals surface area (Å²) in [4.78, 5) is 2.17. The second-order valence-corrected chi connectivity index (χ2v) is 7.57. The third-order valence-corrected chi connectivity index (χ3v) is 6.08. The highest BCUT2D eigenvalue weighted by Crippen LogP contribution is 2.41. The molecule has 0 nitrogen and oxygen atoms in total. The van der Waals surface area contributed by atoms with Crippen molar-refractivity contribution in [2.24, 2.45) is 0 Å². The summed E-state index contributed by atoms with van der Waals surface area (Å²) in [7, 11) is 0. The van der Waals surface area contributed by atoms with Crippen LogP contribution in [0.4, 0.5) is 4.39 Å². The Kier molecular flexibility index (Phi) is 4.45. The Labute approximate surface area is 129 Å². The number of hydrogen-bond donors (Lipinski definition) is 0. The summed E-state index contributed by atoms with van der Waals surface area (Å²) in [6, 6.07) is 7.17. The molecule has 1 aromatic heterocycles. The second-order valence-electron chi connectivity index (χ2n) is 3.60. The van der Waals surface area contributed by atoms with Crippen molar-refractivity contribution in [1.82, 2.24) is 0 Å². The van der Waals surface area contributed by atoms with Gasteiger partial charge in [0.1, 0.15) is 5.82 Å². The van der Waals surface area contributed by atoms with Crippen molar-refractivity contribution in [3.05, 3.63) is 54.3 Å². The standard InChI is InChI=1S/C12H8Br3FS/c1-6-4-9(14)12(17-6)11(15)8-3-2-7(13)5-10(8)16/h2-5,11H,1H3. The van der Waals surface area contributed by atoms with E-state index in [1.54, 1.807) is 17.4 Å². The molecule has 1 heterocycles. The largest absolute Gasteiger partial charge is 0.207 e. The molecule has 0 aliphatic heterocycles. The van der Waals surface area contributed by atoms with E-state index in [-0.39, 0.29) is 10.6 Å². The quantitative estimate of drug-likeness (QED) is 0.485.